The fourth-order valence-corrected chi connectivity index (χ4v) is 3.74. The average Bonchev–Trinajstić information content (AvgIpc) is 2.69. The lowest BCUT2D eigenvalue weighted by Crippen LogP contribution is -2.24. The quantitative estimate of drug-likeness (QED) is 0.788. The molecule has 6 heteroatoms. The van der Waals surface area contributed by atoms with E-state index in [1.54, 1.807) is 32.0 Å². The van der Waals surface area contributed by atoms with Gasteiger partial charge in [-0.3, -0.25) is 0 Å². The zero-order valence-electron chi connectivity index (χ0n) is 11.1. The summed E-state index contributed by atoms with van der Waals surface area (Å²) < 4.78 is 23.6. The van der Waals surface area contributed by atoms with Crippen LogP contribution in [0, 0.1) is 6.92 Å². The maximum atomic E-state index is 12.4. The lowest BCUT2D eigenvalue weighted by atomic mass is 10.1. The third-order valence-electron chi connectivity index (χ3n) is 2.88. The average molecular weight is 302 g/mol. The number of alkyl halides is 1. The van der Waals surface area contributed by atoms with Gasteiger partial charge in [0.1, 0.15) is 5.60 Å². The van der Waals surface area contributed by atoms with Gasteiger partial charge in [0.2, 0.25) is 9.84 Å². The summed E-state index contributed by atoms with van der Waals surface area (Å²) in [6.45, 7) is 5.46. The van der Waals surface area contributed by atoms with E-state index < -0.39 is 20.1 Å². The lowest BCUT2D eigenvalue weighted by Gasteiger charge is -2.14. The molecule has 1 unspecified atom stereocenters. The van der Waals surface area contributed by atoms with Crippen LogP contribution in [0.15, 0.2) is 29.4 Å². The zero-order valence-corrected chi connectivity index (χ0v) is 12.6. The second-order valence-corrected chi connectivity index (χ2v) is 8.02. The SMILES string of the molecule is Cc1cccc(C(Cl)S(=O)(=O)C2=NOC(C)(C)C2)c1. The van der Waals surface area contributed by atoms with Gasteiger partial charge >= 0.3 is 0 Å². The summed E-state index contributed by atoms with van der Waals surface area (Å²) in [5.41, 5.74) is 0.920. The molecule has 104 valence electrons. The van der Waals surface area contributed by atoms with Crippen molar-refractivity contribution >= 4 is 26.5 Å². The Morgan fingerprint density at radius 2 is 2.11 bits per heavy atom. The molecule has 0 fully saturated rings. The Kier molecular flexibility index (Phi) is 3.62. The number of sulfone groups is 1. The predicted octanol–water partition coefficient (Wildman–Crippen LogP) is 3.16. The number of aryl methyl sites for hydroxylation is 1. The van der Waals surface area contributed by atoms with Gasteiger partial charge in [0.15, 0.2) is 9.75 Å². The van der Waals surface area contributed by atoms with E-state index in [4.69, 9.17) is 16.4 Å². The maximum Gasteiger partial charge on any atom is 0.216 e. The Hall–Kier alpha value is -1.07. The van der Waals surface area contributed by atoms with Crippen molar-refractivity contribution in [3.63, 3.8) is 0 Å². The molecule has 0 aliphatic carbocycles. The Morgan fingerprint density at radius 1 is 1.42 bits per heavy atom. The topological polar surface area (TPSA) is 55.7 Å². The van der Waals surface area contributed by atoms with Crippen molar-refractivity contribution in [2.45, 2.75) is 37.5 Å². The molecule has 0 N–H and O–H groups in total. The molecular formula is C13H16ClNO3S. The summed E-state index contributed by atoms with van der Waals surface area (Å²) in [7, 11) is -3.69. The molecule has 2 rings (SSSR count). The Morgan fingerprint density at radius 3 is 2.63 bits per heavy atom. The van der Waals surface area contributed by atoms with Gasteiger partial charge in [-0.2, -0.15) is 0 Å². The molecule has 0 bridgehead atoms. The van der Waals surface area contributed by atoms with Crippen molar-refractivity contribution in [3.05, 3.63) is 35.4 Å². The highest BCUT2D eigenvalue weighted by Gasteiger charge is 2.40. The Labute approximate surface area is 118 Å². The minimum Gasteiger partial charge on any atom is -0.389 e. The highest BCUT2D eigenvalue weighted by molar-refractivity contribution is 8.07. The predicted molar refractivity (Wildman–Crippen MR) is 75.9 cm³/mol. The number of oxime groups is 1. The van der Waals surface area contributed by atoms with Crippen LogP contribution in [-0.2, 0) is 14.7 Å². The fraction of sp³-hybridized carbons (Fsp3) is 0.462. The summed E-state index contributed by atoms with van der Waals surface area (Å²) >= 11 is 6.12. The molecular weight excluding hydrogens is 286 g/mol. The lowest BCUT2D eigenvalue weighted by molar-refractivity contribution is 0.0123. The first kappa shape index (κ1) is 14.3. The smallest absolute Gasteiger partial charge is 0.216 e. The molecule has 1 aromatic rings. The van der Waals surface area contributed by atoms with Crippen LogP contribution in [0.25, 0.3) is 0 Å². The van der Waals surface area contributed by atoms with Gasteiger partial charge < -0.3 is 4.84 Å². The van der Waals surface area contributed by atoms with Crippen molar-refractivity contribution in [2.75, 3.05) is 0 Å². The van der Waals surface area contributed by atoms with Crippen molar-refractivity contribution in [3.8, 4) is 0 Å². The van der Waals surface area contributed by atoms with E-state index in [1.165, 1.54) is 0 Å². The van der Waals surface area contributed by atoms with Crippen LogP contribution >= 0.6 is 11.6 Å². The maximum absolute atomic E-state index is 12.4. The van der Waals surface area contributed by atoms with E-state index in [9.17, 15) is 8.42 Å². The number of hydrogen-bond acceptors (Lipinski definition) is 4. The van der Waals surface area contributed by atoms with Crippen molar-refractivity contribution < 1.29 is 13.3 Å². The number of halogens is 1. The van der Waals surface area contributed by atoms with Crippen molar-refractivity contribution in [2.24, 2.45) is 5.16 Å². The first-order valence-electron chi connectivity index (χ1n) is 5.92. The molecule has 0 radical (unpaired) electrons. The molecule has 0 aromatic heterocycles. The summed E-state index contributed by atoms with van der Waals surface area (Å²) in [5.74, 6) is 0. The van der Waals surface area contributed by atoms with Gasteiger partial charge in [-0.15, -0.1) is 0 Å². The van der Waals surface area contributed by atoms with E-state index in [2.05, 4.69) is 5.16 Å². The van der Waals surface area contributed by atoms with Crippen LogP contribution in [0.2, 0.25) is 0 Å². The minimum absolute atomic E-state index is 0.0130. The monoisotopic (exact) mass is 301 g/mol. The molecule has 1 atom stereocenters. The van der Waals surface area contributed by atoms with E-state index in [0.717, 1.165) is 5.56 Å². The molecule has 19 heavy (non-hydrogen) atoms. The summed E-state index contributed by atoms with van der Waals surface area (Å²) in [6.07, 6.45) is 0.240. The van der Waals surface area contributed by atoms with Gasteiger partial charge in [0.25, 0.3) is 0 Å². The van der Waals surface area contributed by atoms with Crippen LogP contribution in [0.3, 0.4) is 0 Å². The van der Waals surface area contributed by atoms with Gasteiger partial charge in [0.05, 0.1) is 0 Å². The first-order valence-corrected chi connectivity index (χ1v) is 7.90. The van der Waals surface area contributed by atoms with Crippen LogP contribution in [0.1, 0.15) is 36.1 Å². The number of hydrogen-bond donors (Lipinski definition) is 0. The Balaban J connectivity index is 2.31. The number of nitrogens with zero attached hydrogens (tertiary/aromatic N) is 1. The third kappa shape index (κ3) is 2.92. The second-order valence-electron chi connectivity index (χ2n) is 5.29. The molecule has 4 nitrogen and oxygen atoms in total. The molecule has 1 heterocycles. The van der Waals surface area contributed by atoms with Crippen molar-refractivity contribution in [1.29, 1.82) is 0 Å². The Bertz CT molecular complexity index is 623. The zero-order chi connectivity index (χ0) is 14.3. The van der Waals surface area contributed by atoms with Crippen LogP contribution in [-0.4, -0.2) is 19.1 Å². The van der Waals surface area contributed by atoms with E-state index in [0.29, 0.717) is 5.56 Å². The van der Waals surface area contributed by atoms with E-state index in [1.807, 2.05) is 13.0 Å². The molecule has 1 aliphatic heterocycles. The van der Waals surface area contributed by atoms with Gasteiger partial charge in [-0.05, 0) is 26.3 Å². The normalized spacial score (nSPS) is 19.7. The minimum atomic E-state index is -3.69. The second kappa shape index (κ2) is 4.80. The summed E-state index contributed by atoms with van der Waals surface area (Å²) in [6, 6.07) is 7.13. The molecule has 0 saturated heterocycles. The largest absolute Gasteiger partial charge is 0.389 e. The molecule has 0 spiro atoms. The molecule has 0 saturated carbocycles. The van der Waals surface area contributed by atoms with Crippen LogP contribution < -0.4 is 0 Å². The highest BCUT2D eigenvalue weighted by atomic mass is 35.5. The number of benzene rings is 1. The van der Waals surface area contributed by atoms with Gasteiger partial charge in [-0.25, -0.2) is 8.42 Å². The molecule has 0 amide bonds. The summed E-state index contributed by atoms with van der Waals surface area (Å²) in [4.78, 5) is 5.10. The van der Waals surface area contributed by atoms with E-state index >= 15 is 0 Å². The van der Waals surface area contributed by atoms with Crippen LogP contribution in [0.5, 0.6) is 0 Å². The van der Waals surface area contributed by atoms with E-state index in [-0.39, 0.29) is 11.5 Å². The standard InChI is InChI=1S/C13H16ClNO3S/c1-9-5-4-6-10(7-9)12(14)19(16,17)11-8-13(2,3)18-15-11/h4-7,12H,8H2,1-3H3. The number of rotatable bonds is 2. The molecule has 1 aliphatic rings. The van der Waals surface area contributed by atoms with Crippen molar-refractivity contribution in [1.82, 2.24) is 0 Å². The first-order chi connectivity index (χ1) is 8.72. The fourth-order valence-electron chi connectivity index (χ4n) is 1.87. The third-order valence-corrected chi connectivity index (χ3v) is 5.53. The van der Waals surface area contributed by atoms with Crippen LogP contribution in [0.4, 0.5) is 0 Å². The summed E-state index contributed by atoms with van der Waals surface area (Å²) in [5, 5.41) is 3.69. The van der Waals surface area contributed by atoms with Gasteiger partial charge in [0, 0.05) is 6.42 Å². The van der Waals surface area contributed by atoms with Gasteiger partial charge in [-0.1, -0.05) is 46.6 Å². The molecule has 1 aromatic carbocycles. The highest BCUT2D eigenvalue weighted by Crippen LogP contribution is 2.34.